The number of furan rings is 1. The molecule has 2 N–H and O–H groups in total. The highest BCUT2D eigenvalue weighted by molar-refractivity contribution is 6.04. The number of hydrogen-bond donors (Lipinski definition) is 2. The molecule has 4 aromatic rings. The summed E-state index contributed by atoms with van der Waals surface area (Å²) in [4.78, 5) is 32.2. The number of anilines is 1. The highest BCUT2D eigenvalue weighted by Crippen LogP contribution is 2.24. The van der Waals surface area contributed by atoms with Gasteiger partial charge in [-0.25, -0.2) is 9.37 Å². The normalized spacial score (nSPS) is 10.9. The average Bonchev–Trinajstić information content (AvgIpc) is 3.38. The number of nitrogens with zero attached hydrogens (tertiary/aromatic N) is 3. The zero-order valence-corrected chi connectivity index (χ0v) is 16.3. The van der Waals surface area contributed by atoms with E-state index in [9.17, 15) is 14.0 Å². The van der Waals surface area contributed by atoms with Crippen LogP contribution in [0, 0.1) is 12.7 Å². The third-order valence-electron chi connectivity index (χ3n) is 4.61. The number of nitrogens with one attached hydrogen (secondary N) is 2. The number of benzene rings is 1. The second kappa shape index (κ2) is 7.78. The van der Waals surface area contributed by atoms with Crippen LogP contribution < -0.4 is 10.9 Å². The lowest BCUT2D eigenvalue weighted by molar-refractivity contribution is 0.102. The molecule has 0 fully saturated rings. The number of hydrogen-bond acceptors (Lipinski definition) is 5. The Kier molecular flexibility index (Phi) is 5.01. The first-order chi connectivity index (χ1) is 14.5. The van der Waals surface area contributed by atoms with Gasteiger partial charge in [0.05, 0.1) is 11.8 Å². The van der Waals surface area contributed by atoms with Crippen molar-refractivity contribution in [2.75, 3.05) is 5.32 Å². The number of carbonyl (C=O) groups is 1. The summed E-state index contributed by atoms with van der Waals surface area (Å²) in [6.45, 7) is 3.59. The molecule has 0 aliphatic carbocycles. The van der Waals surface area contributed by atoms with E-state index >= 15 is 0 Å². The predicted octanol–water partition coefficient (Wildman–Crippen LogP) is 3.48. The van der Waals surface area contributed by atoms with Gasteiger partial charge in [-0.2, -0.15) is 9.78 Å². The quantitative estimate of drug-likeness (QED) is 0.527. The predicted molar refractivity (Wildman–Crippen MR) is 108 cm³/mol. The molecular weight excluding hydrogens is 389 g/mol. The molecule has 1 aromatic carbocycles. The summed E-state index contributed by atoms with van der Waals surface area (Å²) in [5.74, 6) is -0.538. The molecule has 4 rings (SSSR count). The maximum absolute atomic E-state index is 14.0. The number of aryl methyl sites for hydroxylation is 1. The van der Waals surface area contributed by atoms with Gasteiger partial charge in [-0.15, -0.1) is 0 Å². The van der Waals surface area contributed by atoms with Gasteiger partial charge < -0.3 is 9.73 Å². The van der Waals surface area contributed by atoms with Crippen LogP contribution in [0.5, 0.6) is 0 Å². The molecule has 0 spiro atoms. The van der Waals surface area contributed by atoms with Crippen molar-refractivity contribution in [1.82, 2.24) is 19.7 Å². The average molecular weight is 407 g/mol. The van der Waals surface area contributed by atoms with Crippen molar-refractivity contribution in [3.8, 4) is 17.4 Å². The van der Waals surface area contributed by atoms with Crippen LogP contribution in [0.25, 0.3) is 17.4 Å². The fourth-order valence-corrected chi connectivity index (χ4v) is 3.12. The largest absolute Gasteiger partial charge is 0.463 e. The lowest BCUT2D eigenvalue weighted by Gasteiger charge is -2.10. The molecule has 0 bridgehead atoms. The van der Waals surface area contributed by atoms with Crippen molar-refractivity contribution in [3.63, 3.8) is 0 Å². The van der Waals surface area contributed by atoms with Crippen LogP contribution >= 0.6 is 0 Å². The second-order valence-electron chi connectivity index (χ2n) is 6.54. The summed E-state index contributed by atoms with van der Waals surface area (Å²) in [6, 6.07) is 10.6. The van der Waals surface area contributed by atoms with Gasteiger partial charge in [0.1, 0.15) is 17.3 Å². The summed E-state index contributed by atoms with van der Waals surface area (Å²) < 4.78 is 20.7. The zero-order valence-electron chi connectivity index (χ0n) is 16.3. The van der Waals surface area contributed by atoms with E-state index in [-0.39, 0.29) is 22.9 Å². The number of H-pyrrole nitrogens is 1. The van der Waals surface area contributed by atoms with E-state index in [0.29, 0.717) is 29.1 Å². The molecule has 152 valence electrons. The first-order valence-electron chi connectivity index (χ1n) is 9.28. The number of aromatic amines is 1. The monoisotopic (exact) mass is 407 g/mol. The maximum atomic E-state index is 14.0. The Bertz CT molecular complexity index is 1270. The van der Waals surface area contributed by atoms with Gasteiger partial charge in [-0.1, -0.05) is 19.1 Å². The molecule has 0 saturated carbocycles. The molecule has 30 heavy (non-hydrogen) atoms. The van der Waals surface area contributed by atoms with Crippen LogP contribution in [-0.2, 0) is 6.42 Å². The highest BCUT2D eigenvalue weighted by atomic mass is 19.1. The summed E-state index contributed by atoms with van der Waals surface area (Å²) in [7, 11) is 0. The van der Waals surface area contributed by atoms with Gasteiger partial charge in [0, 0.05) is 17.3 Å². The fraction of sp³-hybridized carbons (Fsp3) is 0.143. The van der Waals surface area contributed by atoms with Crippen molar-refractivity contribution in [3.05, 3.63) is 81.7 Å². The molecule has 8 nitrogen and oxygen atoms in total. The van der Waals surface area contributed by atoms with Crippen molar-refractivity contribution in [2.45, 2.75) is 20.3 Å². The summed E-state index contributed by atoms with van der Waals surface area (Å²) in [5.41, 5.74) is 1.11. The van der Waals surface area contributed by atoms with E-state index in [4.69, 9.17) is 4.42 Å². The highest BCUT2D eigenvalue weighted by Gasteiger charge is 2.19. The van der Waals surface area contributed by atoms with Crippen molar-refractivity contribution >= 4 is 11.7 Å². The number of rotatable bonds is 5. The van der Waals surface area contributed by atoms with E-state index in [1.165, 1.54) is 29.1 Å². The molecule has 0 radical (unpaired) electrons. The summed E-state index contributed by atoms with van der Waals surface area (Å²) >= 11 is 0. The van der Waals surface area contributed by atoms with Crippen molar-refractivity contribution < 1.29 is 13.6 Å². The van der Waals surface area contributed by atoms with Gasteiger partial charge in [0.15, 0.2) is 5.76 Å². The smallest absolute Gasteiger partial charge is 0.259 e. The van der Waals surface area contributed by atoms with Gasteiger partial charge in [-0.05, 0) is 37.6 Å². The van der Waals surface area contributed by atoms with E-state index in [1.807, 2.05) is 6.92 Å². The number of carbonyl (C=O) groups excluding carboxylic acids is 1. The third kappa shape index (κ3) is 3.52. The van der Waals surface area contributed by atoms with E-state index in [1.54, 1.807) is 31.2 Å². The lowest BCUT2D eigenvalue weighted by Crippen LogP contribution is -2.22. The number of aromatic nitrogens is 4. The first kappa shape index (κ1) is 19.3. The Balaban J connectivity index is 1.81. The van der Waals surface area contributed by atoms with E-state index < -0.39 is 11.7 Å². The third-order valence-corrected chi connectivity index (χ3v) is 4.61. The number of amides is 1. The van der Waals surface area contributed by atoms with E-state index in [2.05, 4.69) is 20.4 Å². The van der Waals surface area contributed by atoms with Gasteiger partial charge in [-0.3, -0.25) is 14.6 Å². The van der Waals surface area contributed by atoms with Gasteiger partial charge in [0.25, 0.3) is 11.5 Å². The second-order valence-corrected chi connectivity index (χ2v) is 6.54. The fourth-order valence-electron chi connectivity index (χ4n) is 3.12. The van der Waals surface area contributed by atoms with Crippen LogP contribution in [0.4, 0.5) is 10.2 Å². The minimum absolute atomic E-state index is 0.122. The molecule has 0 unspecified atom stereocenters. The molecule has 3 heterocycles. The Morgan fingerprint density at radius 1 is 1.27 bits per heavy atom. The molecule has 0 atom stereocenters. The first-order valence-corrected chi connectivity index (χ1v) is 9.28. The van der Waals surface area contributed by atoms with E-state index in [0.717, 1.165) is 0 Å². The van der Waals surface area contributed by atoms with Gasteiger partial charge >= 0.3 is 0 Å². The Labute approximate surface area is 170 Å². The maximum Gasteiger partial charge on any atom is 0.259 e. The SMILES string of the molecule is CCc1c(C)nc(-n2nc(-c3ccco3)cc2NC(=O)c2ccccc2F)[nH]c1=O. The topological polar surface area (TPSA) is 106 Å². The van der Waals surface area contributed by atoms with Crippen LogP contribution in [0.15, 0.2) is 57.9 Å². The molecular formula is C21H18FN5O3. The summed E-state index contributed by atoms with van der Waals surface area (Å²) in [6.07, 6.45) is 2.02. The van der Waals surface area contributed by atoms with Crippen molar-refractivity contribution in [2.24, 2.45) is 0 Å². The molecule has 0 aliphatic heterocycles. The zero-order chi connectivity index (χ0) is 21.3. The van der Waals surface area contributed by atoms with Crippen molar-refractivity contribution in [1.29, 1.82) is 0 Å². The minimum atomic E-state index is -0.663. The minimum Gasteiger partial charge on any atom is -0.463 e. The molecule has 1 amide bonds. The Morgan fingerprint density at radius 3 is 2.73 bits per heavy atom. The molecule has 9 heteroatoms. The molecule has 3 aromatic heterocycles. The molecule has 0 saturated heterocycles. The lowest BCUT2D eigenvalue weighted by atomic mass is 10.2. The van der Waals surface area contributed by atoms with Crippen LogP contribution in [0.3, 0.4) is 0 Å². The molecule has 0 aliphatic rings. The summed E-state index contributed by atoms with van der Waals surface area (Å²) in [5, 5.41) is 7.05. The Hall–Kier alpha value is -4.01. The Morgan fingerprint density at radius 2 is 2.07 bits per heavy atom. The van der Waals surface area contributed by atoms with Crippen LogP contribution in [0.2, 0.25) is 0 Å². The standard InChI is InChI=1S/C21H18FN5O3/c1-3-13-12(2)23-21(25-19(13)28)27-18(11-16(26-27)17-9-6-10-30-17)24-20(29)14-7-4-5-8-15(14)22/h4-11H,3H2,1-2H3,(H,24,29)(H,23,25,28). The number of halogens is 1. The van der Waals surface area contributed by atoms with Crippen LogP contribution in [0.1, 0.15) is 28.5 Å². The van der Waals surface area contributed by atoms with Crippen LogP contribution in [-0.4, -0.2) is 25.7 Å². The van der Waals surface area contributed by atoms with Gasteiger partial charge in [0.2, 0.25) is 5.95 Å².